The van der Waals surface area contributed by atoms with E-state index in [9.17, 15) is 13.2 Å². The predicted octanol–water partition coefficient (Wildman–Crippen LogP) is 1.74. The Hall–Kier alpha value is -1.82. The van der Waals surface area contributed by atoms with Crippen LogP contribution in [0.1, 0.15) is 17.3 Å². The molecule has 0 heterocycles. The first-order valence-electron chi connectivity index (χ1n) is 5.12. The zero-order valence-corrected chi connectivity index (χ0v) is 10.9. The molecule has 1 unspecified atom stereocenters. The maximum Gasteiger partial charge on any atom is 0.339 e. The van der Waals surface area contributed by atoms with Crippen LogP contribution in [0.5, 0.6) is 5.75 Å². The lowest BCUT2D eigenvalue weighted by Crippen LogP contribution is -2.16. The van der Waals surface area contributed by atoms with Gasteiger partial charge in [0.05, 0.1) is 17.3 Å². The topological polar surface area (TPSA) is 80.7 Å². The average molecular weight is 270 g/mol. The number of aromatic carboxylic acids is 1. The summed E-state index contributed by atoms with van der Waals surface area (Å²) in [6.07, 6.45) is 1.29. The second kappa shape index (κ2) is 5.22. The average Bonchev–Trinajstić information content (AvgIpc) is 2.36. The number of ether oxygens (including phenoxy) is 1. The number of carbonyl (C=O) groups is 1. The van der Waals surface area contributed by atoms with E-state index in [0.29, 0.717) is 0 Å². The molecule has 0 amide bonds. The van der Waals surface area contributed by atoms with Crippen molar-refractivity contribution in [2.24, 2.45) is 0 Å². The van der Waals surface area contributed by atoms with Gasteiger partial charge in [-0.25, -0.2) is 13.2 Å². The molecule has 1 rings (SSSR count). The van der Waals surface area contributed by atoms with Gasteiger partial charge in [-0.05, 0) is 25.1 Å². The smallest absolute Gasteiger partial charge is 0.339 e. The summed E-state index contributed by atoms with van der Waals surface area (Å²) in [5, 5.41) is 8.20. The van der Waals surface area contributed by atoms with Crippen molar-refractivity contribution in [1.82, 2.24) is 0 Å². The molecule has 1 aromatic carbocycles. The van der Waals surface area contributed by atoms with Gasteiger partial charge in [0.1, 0.15) is 11.3 Å². The van der Waals surface area contributed by atoms with Gasteiger partial charge < -0.3 is 9.84 Å². The Bertz CT molecular complexity index is 574. The summed E-state index contributed by atoms with van der Waals surface area (Å²) in [6.45, 7) is 4.90. The van der Waals surface area contributed by atoms with Gasteiger partial charge >= 0.3 is 5.97 Å². The molecular weight excluding hydrogens is 256 g/mol. The van der Waals surface area contributed by atoms with E-state index in [1.807, 2.05) is 0 Å². The number of sulfone groups is 1. The molecule has 5 nitrogen and oxygen atoms in total. The molecule has 98 valence electrons. The van der Waals surface area contributed by atoms with Crippen LogP contribution in [-0.2, 0) is 9.84 Å². The van der Waals surface area contributed by atoms with Crippen molar-refractivity contribution in [3.05, 3.63) is 36.4 Å². The Balaban J connectivity index is 3.42. The summed E-state index contributed by atoms with van der Waals surface area (Å²) < 4.78 is 28.9. The molecule has 0 bridgehead atoms. The summed E-state index contributed by atoms with van der Waals surface area (Å²) in [5.74, 6) is -1.12. The van der Waals surface area contributed by atoms with E-state index < -0.39 is 21.1 Å². The van der Waals surface area contributed by atoms with Crippen LogP contribution in [0.2, 0.25) is 0 Å². The van der Waals surface area contributed by atoms with Gasteiger partial charge in [-0.3, -0.25) is 0 Å². The van der Waals surface area contributed by atoms with E-state index >= 15 is 0 Å². The Morgan fingerprint density at radius 1 is 1.50 bits per heavy atom. The number of hydrogen-bond acceptors (Lipinski definition) is 4. The maximum absolute atomic E-state index is 12.0. The molecule has 0 spiro atoms. The first-order chi connectivity index (χ1) is 8.34. The largest absolute Gasteiger partial charge is 0.496 e. The number of hydrogen-bond donors (Lipinski definition) is 1. The van der Waals surface area contributed by atoms with E-state index in [1.165, 1.54) is 32.2 Å². The normalized spacial score (nSPS) is 12.8. The van der Waals surface area contributed by atoms with Crippen molar-refractivity contribution in [2.75, 3.05) is 7.11 Å². The van der Waals surface area contributed by atoms with Gasteiger partial charge in [0.2, 0.25) is 0 Å². The minimum atomic E-state index is -3.61. The molecule has 0 aliphatic heterocycles. The van der Waals surface area contributed by atoms with Crippen LogP contribution in [0.3, 0.4) is 0 Å². The Kier molecular flexibility index (Phi) is 4.13. The first-order valence-corrected chi connectivity index (χ1v) is 6.67. The molecule has 0 aromatic heterocycles. The fourth-order valence-corrected chi connectivity index (χ4v) is 2.60. The Labute approximate surface area is 106 Å². The fourth-order valence-electron chi connectivity index (χ4n) is 1.37. The summed E-state index contributed by atoms with van der Waals surface area (Å²) in [4.78, 5) is 10.9. The molecule has 0 saturated heterocycles. The van der Waals surface area contributed by atoms with Gasteiger partial charge in [0, 0.05) is 0 Å². The molecule has 0 saturated carbocycles. The predicted molar refractivity (Wildman–Crippen MR) is 66.8 cm³/mol. The number of carboxylic acid groups (broad SMARTS) is 1. The van der Waals surface area contributed by atoms with E-state index in [-0.39, 0.29) is 16.2 Å². The Morgan fingerprint density at radius 3 is 2.56 bits per heavy atom. The van der Waals surface area contributed by atoms with Crippen molar-refractivity contribution in [3.63, 3.8) is 0 Å². The highest BCUT2D eigenvalue weighted by atomic mass is 32.2. The zero-order chi connectivity index (χ0) is 13.9. The summed E-state index contributed by atoms with van der Waals surface area (Å²) in [6, 6.07) is 3.74. The van der Waals surface area contributed by atoms with E-state index in [4.69, 9.17) is 9.84 Å². The van der Waals surface area contributed by atoms with Gasteiger partial charge in [-0.1, -0.05) is 6.08 Å². The van der Waals surface area contributed by atoms with E-state index in [2.05, 4.69) is 6.58 Å². The second-order valence-electron chi connectivity index (χ2n) is 3.65. The van der Waals surface area contributed by atoms with Gasteiger partial charge in [0.25, 0.3) is 0 Å². The molecule has 0 fully saturated rings. The molecule has 1 N–H and O–H groups in total. The van der Waals surface area contributed by atoms with Crippen molar-refractivity contribution in [3.8, 4) is 5.75 Å². The van der Waals surface area contributed by atoms with Crippen LogP contribution in [0, 0.1) is 0 Å². The SMILES string of the molecule is C=CC(C)S(=O)(=O)c1ccc(OC)c(C(=O)O)c1. The number of methoxy groups -OCH3 is 1. The Morgan fingerprint density at radius 2 is 2.11 bits per heavy atom. The van der Waals surface area contributed by atoms with Crippen molar-refractivity contribution < 1.29 is 23.1 Å². The number of benzene rings is 1. The number of carboxylic acids is 1. The molecule has 1 aromatic rings. The van der Waals surface area contributed by atoms with Crippen LogP contribution in [0.25, 0.3) is 0 Å². The number of rotatable bonds is 5. The van der Waals surface area contributed by atoms with Crippen LogP contribution < -0.4 is 4.74 Å². The highest BCUT2D eigenvalue weighted by Crippen LogP contribution is 2.25. The zero-order valence-electron chi connectivity index (χ0n) is 10.1. The summed E-state index contributed by atoms with van der Waals surface area (Å²) >= 11 is 0. The van der Waals surface area contributed by atoms with E-state index in [0.717, 1.165) is 6.07 Å². The standard InChI is InChI=1S/C12H14O5S/c1-4-8(2)18(15,16)9-5-6-11(17-3)10(7-9)12(13)14/h4-8H,1H2,2-3H3,(H,13,14). The molecular formula is C12H14O5S. The molecule has 18 heavy (non-hydrogen) atoms. The van der Waals surface area contributed by atoms with Crippen molar-refractivity contribution in [1.29, 1.82) is 0 Å². The quantitative estimate of drug-likeness (QED) is 0.824. The second-order valence-corrected chi connectivity index (χ2v) is 5.96. The van der Waals surface area contributed by atoms with Crippen LogP contribution in [0.4, 0.5) is 0 Å². The fraction of sp³-hybridized carbons (Fsp3) is 0.250. The summed E-state index contributed by atoms with van der Waals surface area (Å²) in [7, 11) is -2.29. The highest BCUT2D eigenvalue weighted by molar-refractivity contribution is 7.92. The third kappa shape index (κ3) is 2.53. The van der Waals surface area contributed by atoms with Gasteiger partial charge in [0.15, 0.2) is 9.84 Å². The van der Waals surface area contributed by atoms with Crippen molar-refractivity contribution in [2.45, 2.75) is 17.1 Å². The van der Waals surface area contributed by atoms with Crippen molar-refractivity contribution >= 4 is 15.8 Å². The molecule has 0 radical (unpaired) electrons. The maximum atomic E-state index is 12.0. The van der Waals surface area contributed by atoms with Crippen LogP contribution in [-0.4, -0.2) is 31.9 Å². The lowest BCUT2D eigenvalue weighted by molar-refractivity contribution is 0.0693. The molecule has 0 aliphatic rings. The molecule has 1 atom stereocenters. The monoisotopic (exact) mass is 270 g/mol. The lowest BCUT2D eigenvalue weighted by Gasteiger charge is -2.11. The molecule has 0 aliphatic carbocycles. The van der Waals surface area contributed by atoms with Gasteiger partial charge in [-0.2, -0.15) is 0 Å². The minimum absolute atomic E-state index is 0.0619. The minimum Gasteiger partial charge on any atom is -0.496 e. The van der Waals surface area contributed by atoms with Gasteiger partial charge in [-0.15, -0.1) is 6.58 Å². The lowest BCUT2D eigenvalue weighted by atomic mass is 10.2. The first kappa shape index (κ1) is 14.2. The third-order valence-corrected chi connectivity index (χ3v) is 4.63. The third-order valence-electron chi connectivity index (χ3n) is 2.55. The van der Waals surface area contributed by atoms with Crippen LogP contribution in [0.15, 0.2) is 35.7 Å². The summed E-state index contributed by atoms with van der Waals surface area (Å²) in [5.41, 5.74) is -0.185. The highest BCUT2D eigenvalue weighted by Gasteiger charge is 2.23. The van der Waals surface area contributed by atoms with Crippen LogP contribution >= 0.6 is 0 Å². The molecule has 6 heteroatoms. The van der Waals surface area contributed by atoms with E-state index in [1.54, 1.807) is 0 Å².